The van der Waals surface area contributed by atoms with E-state index in [1.807, 2.05) is 0 Å². The largest absolute Gasteiger partial charge is 0.306 e. The van der Waals surface area contributed by atoms with Crippen molar-refractivity contribution in [2.45, 2.75) is 16.4 Å². The van der Waals surface area contributed by atoms with E-state index < -0.39 is 26.4 Å². The molecule has 4 rings (SSSR count). The van der Waals surface area contributed by atoms with Crippen LogP contribution in [0.1, 0.15) is 21.6 Å². The fraction of sp³-hybridized carbons (Fsp3) is 0.111. The van der Waals surface area contributed by atoms with Crippen molar-refractivity contribution in [3.8, 4) is 5.69 Å². The number of hydrogen-bond donors (Lipinski definition) is 2. The van der Waals surface area contributed by atoms with E-state index in [2.05, 4.69) is 10.4 Å². The van der Waals surface area contributed by atoms with Crippen LogP contribution in [-0.4, -0.2) is 32.5 Å². The number of nitrogens with one attached hydrogen (secondary N) is 1. The van der Waals surface area contributed by atoms with Gasteiger partial charge in [0.05, 0.1) is 27.8 Å². The first kappa shape index (κ1) is 19.6. The van der Waals surface area contributed by atoms with Crippen LogP contribution in [0, 0.1) is 0 Å². The number of thiol groups is 1. The van der Waals surface area contributed by atoms with Gasteiger partial charge in [0.25, 0.3) is 5.91 Å². The average molecular weight is 452 g/mol. The number of amides is 1. The van der Waals surface area contributed by atoms with Crippen LogP contribution in [0.5, 0.6) is 0 Å². The third kappa shape index (κ3) is 3.91. The van der Waals surface area contributed by atoms with Crippen LogP contribution in [-0.2, 0) is 32.0 Å². The smallest absolute Gasteiger partial charge is 0.256 e. The van der Waals surface area contributed by atoms with E-state index in [0.717, 1.165) is 0 Å². The topological polar surface area (TPSA) is 115 Å². The molecule has 150 valence electrons. The molecule has 1 aliphatic heterocycles. The summed E-state index contributed by atoms with van der Waals surface area (Å²) in [4.78, 5) is 12.8. The van der Waals surface area contributed by atoms with Gasteiger partial charge in [-0.15, -0.1) is 0 Å². The second-order valence-corrected chi connectivity index (χ2v) is 9.98. The molecule has 0 aliphatic carbocycles. The molecule has 0 radical (unpaired) electrons. The molecule has 11 heteroatoms. The highest BCUT2D eigenvalue weighted by Gasteiger charge is 2.33. The zero-order valence-corrected chi connectivity index (χ0v) is 17.2. The number of carbonyl (C=O) groups is 1. The summed E-state index contributed by atoms with van der Waals surface area (Å²) in [5.41, 5.74) is 1.65. The highest BCUT2D eigenvalue weighted by molar-refractivity contribution is 7.90. The van der Waals surface area contributed by atoms with Crippen molar-refractivity contribution < 1.29 is 21.6 Å². The summed E-state index contributed by atoms with van der Waals surface area (Å²) >= 11 is 5.93. The molecule has 0 spiro atoms. The summed E-state index contributed by atoms with van der Waals surface area (Å²) in [6.45, 7) is 0. The molecule has 0 saturated heterocycles. The highest BCUT2D eigenvalue weighted by Crippen LogP contribution is 2.33. The average Bonchev–Trinajstić information content (AvgIpc) is 3.15. The second kappa shape index (κ2) is 7.29. The van der Waals surface area contributed by atoms with Crippen LogP contribution in [0.4, 0.5) is 5.82 Å². The van der Waals surface area contributed by atoms with Crippen LogP contribution in [0.15, 0.2) is 53.4 Å². The lowest BCUT2D eigenvalue weighted by atomic mass is 10.2. The Morgan fingerprint density at radius 3 is 2.31 bits per heavy atom. The van der Waals surface area contributed by atoms with E-state index in [1.54, 1.807) is 24.3 Å². The van der Waals surface area contributed by atoms with Gasteiger partial charge in [-0.05, 0) is 48.5 Å². The Balaban J connectivity index is 1.73. The maximum Gasteiger partial charge on any atom is 0.256 e. The van der Waals surface area contributed by atoms with Crippen molar-refractivity contribution in [2.75, 3.05) is 5.32 Å². The SMILES string of the molecule is O=C(Nc1c2c(nn1-c1ccc(Cl)cc1)CS(=O)(=O)C2)c1ccc([SH](=O)=O)cc1. The molecule has 2 heterocycles. The number of hydrogen-bond acceptors (Lipinski definition) is 6. The van der Waals surface area contributed by atoms with Gasteiger partial charge >= 0.3 is 0 Å². The van der Waals surface area contributed by atoms with Gasteiger partial charge in [0.1, 0.15) is 5.82 Å². The lowest BCUT2D eigenvalue weighted by Gasteiger charge is -2.11. The lowest BCUT2D eigenvalue weighted by molar-refractivity contribution is 0.102. The minimum absolute atomic E-state index is 0.0924. The summed E-state index contributed by atoms with van der Waals surface area (Å²) in [5.74, 6) is -0.676. The van der Waals surface area contributed by atoms with Crippen LogP contribution in [0.2, 0.25) is 5.02 Å². The third-order valence-corrected chi connectivity index (χ3v) is 6.84. The van der Waals surface area contributed by atoms with Crippen molar-refractivity contribution in [3.05, 3.63) is 70.4 Å². The van der Waals surface area contributed by atoms with Gasteiger partial charge < -0.3 is 5.32 Å². The van der Waals surface area contributed by atoms with Gasteiger partial charge in [0, 0.05) is 16.1 Å². The first-order chi connectivity index (χ1) is 13.7. The minimum atomic E-state index is -3.32. The molecular weight excluding hydrogens is 438 g/mol. The van der Waals surface area contributed by atoms with Gasteiger partial charge in [-0.25, -0.2) is 21.5 Å². The van der Waals surface area contributed by atoms with Crippen LogP contribution < -0.4 is 5.32 Å². The standard InChI is InChI=1S/C18H14ClN3O5S2/c19-12-3-5-13(6-4-12)22-17(15-9-29(26,27)10-16(15)21-22)20-18(23)11-1-7-14(8-2-11)28(24)25/h1-8,28H,9-10H2,(H,20,23). The Kier molecular flexibility index (Phi) is 4.93. The molecule has 2 aromatic carbocycles. The van der Waals surface area contributed by atoms with Crippen LogP contribution in [0.25, 0.3) is 5.69 Å². The van der Waals surface area contributed by atoms with E-state index in [0.29, 0.717) is 22.0 Å². The van der Waals surface area contributed by atoms with Crippen LogP contribution in [0.3, 0.4) is 0 Å². The molecule has 1 aliphatic rings. The number of benzene rings is 2. The predicted molar refractivity (Wildman–Crippen MR) is 108 cm³/mol. The monoisotopic (exact) mass is 451 g/mol. The zero-order valence-electron chi connectivity index (χ0n) is 14.7. The molecule has 1 N–H and O–H groups in total. The first-order valence-electron chi connectivity index (χ1n) is 8.36. The van der Waals surface area contributed by atoms with Gasteiger partial charge in [0.2, 0.25) is 0 Å². The molecular formula is C18H14ClN3O5S2. The summed E-state index contributed by atoms with van der Waals surface area (Å²) in [6, 6.07) is 12.1. The van der Waals surface area contributed by atoms with E-state index >= 15 is 0 Å². The predicted octanol–water partition coefficient (Wildman–Crippen LogP) is 2.18. The Morgan fingerprint density at radius 2 is 1.69 bits per heavy atom. The van der Waals surface area contributed by atoms with Gasteiger partial charge in [0.15, 0.2) is 20.5 Å². The lowest BCUT2D eigenvalue weighted by Crippen LogP contribution is -2.17. The Labute approximate surface area is 173 Å². The summed E-state index contributed by atoms with van der Waals surface area (Å²) in [7, 11) is -6.07. The zero-order chi connectivity index (χ0) is 20.8. The number of halogens is 1. The maximum absolute atomic E-state index is 12.7. The quantitative estimate of drug-likeness (QED) is 0.587. The molecule has 1 aromatic heterocycles. The van der Waals surface area contributed by atoms with Crippen LogP contribution >= 0.6 is 11.6 Å². The molecule has 0 unspecified atom stereocenters. The molecule has 8 nitrogen and oxygen atoms in total. The maximum atomic E-state index is 12.7. The van der Waals surface area contributed by atoms with Crippen molar-refractivity contribution in [1.82, 2.24) is 9.78 Å². The Hall–Kier alpha value is -2.69. The first-order valence-corrected chi connectivity index (χ1v) is 11.7. The molecule has 0 bridgehead atoms. The fourth-order valence-electron chi connectivity index (χ4n) is 3.05. The van der Waals surface area contributed by atoms with Gasteiger partial charge in [-0.1, -0.05) is 11.6 Å². The number of nitrogens with zero attached hydrogens (tertiary/aromatic N) is 2. The van der Waals surface area contributed by atoms with Gasteiger partial charge in [-0.3, -0.25) is 4.79 Å². The Morgan fingerprint density at radius 1 is 1.03 bits per heavy atom. The molecule has 3 aromatic rings. The number of rotatable bonds is 4. The van der Waals surface area contributed by atoms with Crippen molar-refractivity contribution in [3.63, 3.8) is 0 Å². The molecule has 0 saturated carbocycles. The molecule has 1 amide bonds. The van der Waals surface area contributed by atoms with Crippen molar-refractivity contribution in [1.29, 1.82) is 0 Å². The number of aromatic nitrogens is 2. The van der Waals surface area contributed by atoms with Gasteiger partial charge in [-0.2, -0.15) is 5.10 Å². The number of fused-ring (bicyclic) bond motifs is 1. The fourth-order valence-corrected chi connectivity index (χ4v) is 5.07. The highest BCUT2D eigenvalue weighted by atomic mass is 35.5. The summed E-state index contributed by atoms with van der Waals surface area (Å²) in [6.07, 6.45) is 0. The second-order valence-electron chi connectivity index (χ2n) is 6.45. The molecule has 29 heavy (non-hydrogen) atoms. The van der Waals surface area contributed by atoms with Crippen molar-refractivity contribution >= 4 is 43.9 Å². The Bertz CT molecular complexity index is 1290. The van der Waals surface area contributed by atoms with Crippen molar-refractivity contribution in [2.24, 2.45) is 0 Å². The molecule has 0 atom stereocenters. The number of sulfone groups is 1. The van der Waals surface area contributed by atoms with E-state index in [-0.39, 0.29) is 27.8 Å². The molecule has 0 fully saturated rings. The normalized spacial score (nSPS) is 14.7. The number of carbonyl (C=O) groups excluding carboxylic acids is 1. The third-order valence-electron chi connectivity index (χ3n) is 4.43. The summed E-state index contributed by atoms with van der Waals surface area (Å²) in [5, 5.41) is 7.62. The van der Waals surface area contributed by atoms with E-state index in [4.69, 9.17) is 11.6 Å². The van der Waals surface area contributed by atoms with E-state index in [1.165, 1.54) is 28.9 Å². The minimum Gasteiger partial charge on any atom is -0.306 e. The number of anilines is 1. The van der Waals surface area contributed by atoms with E-state index in [9.17, 15) is 21.6 Å². The summed E-state index contributed by atoms with van der Waals surface area (Å²) < 4.78 is 47.5.